The van der Waals surface area contributed by atoms with Gasteiger partial charge in [0.05, 0.1) is 71.9 Å². The zero-order valence-corrected chi connectivity index (χ0v) is 74.7. The Kier molecular flexibility index (Phi) is 18.7. The summed E-state index contributed by atoms with van der Waals surface area (Å²) in [6.07, 6.45) is 0. The normalized spacial score (nSPS) is 11.8. The summed E-state index contributed by atoms with van der Waals surface area (Å²) in [6, 6.07) is 176. The van der Waals surface area contributed by atoms with Crippen molar-refractivity contribution >= 4 is 131 Å². The minimum Gasteiger partial charge on any atom is -0.309 e. The van der Waals surface area contributed by atoms with Crippen molar-refractivity contribution in [1.29, 1.82) is 0 Å². The van der Waals surface area contributed by atoms with Gasteiger partial charge in [-0.25, -0.2) is 15.0 Å². The fraction of sp³-hybridized carbons (Fsp3) is 0. The van der Waals surface area contributed by atoms with E-state index in [-0.39, 0.29) is 0 Å². The lowest BCUT2D eigenvalue weighted by Gasteiger charge is -2.13. The third-order valence-corrected chi connectivity index (χ3v) is 27.6. The van der Waals surface area contributed by atoms with E-state index in [1.807, 2.05) is 60.7 Å². The maximum Gasteiger partial charge on any atom is 0.238 e. The van der Waals surface area contributed by atoms with E-state index in [0.717, 1.165) is 123 Å². The number of aromatic nitrogens is 11. The lowest BCUT2D eigenvalue weighted by atomic mass is 9.95. The van der Waals surface area contributed by atoms with Crippen molar-refractivity contribution < 1.29 is 0 Å². The van der Waals surface area contributed by atoms with E-state index in [1.54, 1.807) is 0 Å². The SMILES string of the molecule is c1ccc(-c2ccc3c(c2)c2cc(-n4c5ccccc5c5c(-c6cccc7c6c6ccccc6n7-c6cc(-c7ccccc7)nc(-c7ccccc7)n6)cccc54)ccc2n3-c2ccccc2)cc1.c1ccc(-c2ccc3c(c2)c2cc(-n4c5ccccc5c5c(-c6cccc7c6c6ccccc6n7-c6nc(-c7ccccc7)nc(-c7ccccc7)n6)cccc54)ccc2n3-c2ccccc2)cc1. The second-order valence-corrected chi connectivity index (χ2v) is 35.3. The van der Waals surface area contributed by atoms with Gasteiger partial charge >= 0.3 is 0 Å². The average Bonchev–Trinajstić information content (AvgIpc) is 1.56. The molecule has 0 atom stereocenters. The molecular formula is C127H81N11. The van der Waals surface area contributed by atoms with Crippen LogP contribution in [-0.4, -0.2) is 52.3 Å². The van der Waals surface area contributed by atoms with Crippen LogP contribution in [0.1, 0.15) is 0 Å². The van der Waals surface area contributed by atoms with Crippen LogP contribution in [-0.2, 0) is 0 Å². The van der Waals surface area contributed by atoms with Crippen molar-refractivity contribution in [3.8, 4) is 124 Å². The van der Waals surface area contributed by atoms with Gasteiger partial charge in [0, 0.05) is 116 Å². The molecule has 11 nitrogen and oxygen atoms in total. The molecule has 0 amide bonds. The van der Waals surface area contributed by atoms with E-state index in [2.05, 4.69) is 458 Å². The van der Waals surface area contributed by atoms with Crippen molar-refractivity contribution in [3.63, 3.8) is 0 Å². The minimum absolute atomic E-state index is 0.570. The number of rotatable bonds is 14. The van der Waals surface area contributed by atoms with Gasteiger partial charge in [0.2, 0.25) is 5.95 Å². The Labute approximate surface area is 793 Å². The molecule has 644 valence electrons. The number of hydrogen-bond donors (Lipinski definition) is 0. The van der Waals surface area contributed by atoms with Crippen LogP contribution in [0.4, 0.5) is 0 Å². The average molecular weight is 1760 g/mol. The highest BCUT2D eigenvalue weighted by molar-refractivity contribution is 6.25. The van der Waals surface area contributed by atoms with Crippen LogP contribution in [0.5, 0.6) is 0 Å². The Morgan fingerprint density at radius 3 is 0.783 bits per heavy atom. The van der Waals surface area contributed by atoms with E-state index in [0.29, 0.717) is 23.4 Å². The molecule has 138 heavy (non-hydrogen) atoms. The first kappa shape index (κ1) is 79.1. The van der Waals surface area contributed by atoms with Crippen molar-refractivity contribution in [2.24, 2.45) is 0 Å². The predicted octanol–water partition coefficient (Wildman–Crippen LogP) is 32.3. The number of para-hydroxylation sites is 6. The van der Waals surface area contributed by atoms with Gasteiger partial charge in [-0.2, -0.15) is 9.97 Å². The highest BCUT2D eigenvalue weighted by Crippen LogP contribution is 2.49. The number of benzene rings is 20. The Balaban J connectivity index is 0.000000139. The quantitative estimate of drug-likeness (QED) is 0.108. The maximum atomic E-state index is 5.33. The largest absolute Gasteiger partial charge is 0.309 e. The fourth-order valence-electron chi connectivity index (χ4n) is 21.5. The van der Waals surface area contributed by atoms with Crippen LogP contribution in [0.3, 0.4) is 0 Å². The second-order valence-electron chi connectivity index (χ2n) is 35.3. The van der Waals surface area contributed by atoms with Crippen LogP contribution in [0.2, 0.25) is 0 Å². The predicted molar refractivity (Wildman–Crippen MR) is 571 cm³/mol. The summed E-state index contributed by atoms with van der Waals surface area (Å²) in [4.78, 5) is 25.9. The number of fused-ring (bicyclic) bond motifs is 18. The molecule has 0 aliphatic carbocycles. The highest BCUT2D eigenvalue weighted by Gasteiger charge is 2.28. The van der Waals surface area contributed by atoms with E-state index >= 15 is 0 Å². The van der Waals surface area contributed by atoms with Gasteiger partial charge in [-0.3, -0.25) is 9.13 Å². The molecule has 0 unspecified atom stereocenters. The molecule has 0 aliphatic rings. The molecule has 0 fully saturated rings. The molecule has 0 spiro atoms. The van der Waals surface area contributed by atoms with Gasteiger partial charge in [0.1, 0.15) is 5.82 Å². The molecule has 20 aromatic carbocycles. The fourth-order valence-corrected chi connectivity index (χ4v) is 21.5. The Morgan fingerprint density at radius 1 is 0.138 bits per heavy atom. The third-order valence-electron chi connectivity index (χ3n) is 27.6. The van der Waals surface area contributed by atoms with Crippen molar-refractivity contribution in [2.45, 2.75) is 0 Å². The number of nitrogens with zero attached hydrogens (tertiary/aromatic N) is 11. The summed E-state index contributed by atoms with van der Waals surface area (Å²) in [6.45, 7) is 0. The Morgan fingerprint density at radius 2 is 0.406 bits per heavy atom. The maximum absolute atomic E-state index is 5.33. The van der Waals surface area contributed by atoms with Gasteiger partial charge in [-0.1, -0.05) is 352 Å². The van der Waals surface area contributed by atoms with Crippen LogP contribution in [0, 0.1) is 0 Å². The first-order chi connectivity index (χ1) is 68.5. The van der Waals surface area contributed by atoms with Gasteiger partial charge in [0.15, 0.2) is 17.5 Å². The summed E-state index contributed by atoms with van der Waals surface area (Å²) in [5.41, 5.74) is 32.2. The lowest BCUT2D eigenvalue weighted by Crippen LogP contribution is -2.06. The summed E-state index contributed by atoms with van der Waals surface area (Å²) in [5.74, 6) is 3.32. The smallest absolute Gasteiger partial charge is 0.238 e. The molecule has 0 aliphatic heterocycles. The summed E-state index contributed by atoms with van der Waals surface area (Å²) in [5, 5.41) is 14.3. The van der Waals surface area contributed by atoms with Crippen LogP contribution in [0.15, 0.2) is 491 Å². The zero-order valence-electron chi connectivity index (χ0n) is 74.7. The van der Waals surface area contributed by atoms with Gasteiger partial charge < -0.3 is 18.3 Å². The van der Waals surface area contributed by atoms with E-state index < -0.39 is 0 Å². The van der Waals surface area contributed by atoms with Gasteiger partial charge in [0.25, 0.3) is 0 Å². The number of hydrogen-bond acceptors (Lipinski definition) is 5. The van der Waals surface area contributed by atoms with Crippen LogP contribution >= 0.6 is 0 Å². The van der Waals surface area contributed by atoms with E-state index in [4.69, 9.17) is 24.9 Å². The van der Waals surface area contributed by atoms with Gasteiger partial charge in [-0.05, 0) is 178 Å². The molecule has 0 N–H and O–H groups in total. The van der Waals surface area contributed by atoms with Crippen LogP contribution < -0.4 is 0 Å². The molecule has 0 bridgehead atoms. The molecule has 28 aromatic rings. The topological polar surface area (TPSA) is 94.0 Å². The Hall–Kier alpha value is -18.7. The molecular weight excluding hydrogens is 1680 g/mol. The van der Waals surface area contributed by atoms with E-state index in [1.165, 1.54) is 109 Å². The van der Waals surface area contributed by atoms with E-state index in [9.17, 15) is 0 Å². The monoisotopic (exact) mass is 1760 g/mol. The van der Waals surface area contributed by atoms with Crippen LogP contribution in [0.25, 0.3) is 255 Å². The zero-order chi connectivity index (χ0) is 90.8. The van der Waals surface area contributed by atoms with Gasteiger partial charge in [-0.15, -0.1) is 0 Å². The first-order valence-corrected chi connectivity index (χ1v) is 46.9. The van der Waals surface area contributed by atoms with Crippen molar-refractivity contribution in [3.05, 3.63) is 491 Å². The summed E-state index contributed by atoms with van der Waals surface area (Å²) in [7, 11) is 0. The Bertz CT molecular complexity index is 9010. The summed E-state index contributed by atoms with van der Waals surface area (Å²) >= 11 is 0. The second kappa shape index (κ2) is 32.6. The first-order valence-electron chi connectivity index (χ1n) is 46.9. The molecule has 8 aromatic heterocycles. The molecule has 11 heteroatoms. The summed E-state index contributed by atoms with van der Waals surface area (Å²) < 4.78 is 14.2. The minimum atomic E-state index is 0.570. The van der Waals surface area contributed by atoms with Crippen molar-refractivity contribution in [1.82, 2.24) is 52.3 Å². The molecule has 8 heterocycles. The van der Waals surface area contributed by atoms with Crippen molar-refractivity contribution in [2.75, 3.05) is 0 Å². The molecule has 0 saturated carbocycles. The third kappa shape index (κ3) is 13.0. The molecule has 0 saturated heterocycles. The molecule has 28 rings (SSSR count). The molecule has 0 radical (unpaired) electrons. The lowest BCUT2D eigenvalue weighted by molar-refractivity contribution is 0.953. The highest BCUT2D eigenvalue weighted by atomic mass is 15.2. The standard InChI is InChI=1S/C64H41N5.C63H40N6/c1-5-19-42(20-6-1)45-35-37-57-52(39-45)53-40-47(36-38-58(53)67(57)46-25-11-4-12-26-46)68-55-31-15-13-27-50(55)62-48(29-17-33-59(62)68)49-30-18-34-60-63(49)51-28-14-16-32-56(51)69(60)61-41-54(43-21-7-2-8-22-43)65-64(66-61)44-23-9-3-10-24-44;1-5-19-41(20-6-1)44-35-37-55-51(39-44)52-40-46(36-38-56(52)67(55)45-25-11-4-12-26-45)68-53-31-15-13-27-49(53)59-47(29-17-33-57(59)68)48-30-18-34-58-60(48)50-28-14-16-32-54(50)69(58)63-65-61(42-21-7-2-8-22-42)64-62(66-63)43-23-9-3-10-24-43/h1-41H;1-40H.